The van der Waals surface area contributed by atoms with E-state index in [2.05, 4.69) is 25.7 Å². The number of aromatic carboxylic acids is 1. The van der Waals surface area contributed by atoms with Gasteiger partial charge >= 0.3 is 5.97 Å². The smallest absolute Gasteiger partial charge is 0.345 e. The summed E-state index contributed by atoms with van der Waals surface area (Å²) in [6, 6.07) is 1.80. The van der Waals surface area contributed by atoms with Crippen LogP contribution in [0.5, 0.6) is 0 Å². The summed E-state index contributed by atoms with van der Waals surface area (Å²) in [5.41, 5.74) is 1.46. The van der Waals surface area contributed by atoms with Gasteiger partial charge in [-0.3, -0.25) is 0 Å². The van der Waals surface area contributed by atoms with Crippen molar-refractivity contribution in [2.24, 2.45) is 11.3 Å². The number of hydrogen-bond donors (Lipinski definition) is 1. The molecule has 1 aromatic rings. The molecule has 0 amide bonds. The van der Waals surface area contributed by atoms with Crippen LogP contribution in [0.1, 0.15) is 43.3 Å². The molecule has 0 radical (unpaired) electrons. The first-order valence-corrected chi connectivity index (χ1v) is 7.32. The van der Waals surface area contributed by atoms with E-state index < -0.39 is 5.97 Å². The Morgan fingerprint density at radius 1 is 1.39 bits per heavy atom. The first-order chi connectivity index (χ1) is 8.38. The van der Waals surface area contributed by atoms with Crippen LogP contribution in [-0.2, 0) is 0 Å². The van der Waals surface area contributed by atoms with Crippen LogP contribution < -0.4 is 4.90 Å². The summed E-state index contributed by atoms with van der Waals surface area (Å²) in [4.78, 5) is 13.6. The van der Waals surface area contributed by atoms with Crippen molar-refractivity contribution < 1.29 is 9.90 Å². The summed E-state index contributed by atoms with van der Waals surface area (Å²) >= 11 is 1.32. The summed E-state index contributed by atoms with van der Waals surface area (Å²) < 4.78 is 0. The second-order valence-electron chi connectivity index (χ2n) is 6.10. The first-order valence-electron chi connectivity index (χ1n) is 6.44. The molecule has 3 nitrogen and oxygen atoms in total. The number of carboxylic acids is 1. The minimum atomic E-state index is -0.823. The van der Waals surface area contributed by atoms with Crippen molar-refractivity contribution in [3.05, 3.63) is 16.3 Å². The molecule has 1 aromatic heterocycles. The summed E-state index contributed by atoms with van der Waals surface area (Å²) in [7, 11) is 0. The number of carboxylic acid groups (broad SMARTS) is 1. The fraction of sp³-hybridized carbons (Fsp3) is 0.643. The Kier molecular flexibility index (Phi) is 3.66. The third-order valence-corrected chi connectivity index (χ3v) is 4.79. The van der Waals surface area contributed by atoms with Crippen LogP contribution in [0.2, 0.25) is 0 Å². The van der Waals surface area contributed by atoms with E-state index in [1.807, 2.05) is 5.38 Å². The van der Waals surface area contributed by atoms with Gasteiger partial charge in [0, 0.05) is 24.2 Å². The number of anilines is 1. The zero-order valence-corrected chi connectivity index (χ0v) is 12.1. The Morgan fingerprint density at radius 2 is 2.00 bits per heavy atom. The van der Waals surface area contributed by atoms with Gasteiger partial charge in [0.05, 0.1) is 0 Å². The molecule has 2 heterocycles. The molecule has 0 aliphatic carbocycles. The molecule has 0 unspecified atom stereocenters. The van der Waals surface area contributed by atoms with Gasteiger partial charge in [-0.25, -0.2) is 4.79 Å². The average molecular weight is 267 g/mol. The number of carbonyl (C=O) groups is 1. The van der Waals surface area contributed by atoms with E-state index >= 15 is 0 Å². The van der Waals surface area contributed by atoms with E-state index in [4.69, 9.17) is 5.11 Å². The molecule has 1 saturated heterocycles. The lowest BCUT2D eigenvalue weighted by Gasteiger charge is -2.39. The Balaban J connectivity index is 1.99. The van der Waals surface area contributed by atoms with Gasteiger partial charge in [0.15, 0.2) is 0 Å². The fourth-order valence-electron chi connectivity index (χ4n) is 2.61. The molecule has 1 N–H and O–H groups in total. The largest absolute Gasteiger partial charge is 0.477 e. The minimum absolute atomic E-state index is 0.382. The molecule has 0 aromatic carbocycles. The maximum absolute atomic E-state index is 10.9. The van der Waals surface area contributed by atoms with Crippen LogP contribution >= 0.6 is 11.3 Å². The van der Waals surface area contributed by atoms with Crippen LogP contribution in [0.25, 0.3) is 0 Å². The van der Waals surface area contributed by atoms with Crippen molar-refractivity contribution >= 4 is 23.0 Å². The predicted molar refractivity (Wildman–Crippen MR) is 75.7 cm³/mol. The first kappa shape index (κ1) is 13.4. The lowest BCUT2D eigenvalue weighted by molar-refractivity contribution is 0.0702. The van der Waals surface area contributed by atoms with Gasteiger partial charge in [0.25, 0.3) is 0 Å². The molecule has 1 aliphatic heterocycles. The number of hydrogen-bond acceptors (Lipinski definition) is 3. The van der Waals surface area contributed by atoms with E-state index in [1.165, 1.54) is 24.2 Å². The highest BCUT2D eigenvalue weighted by Crippen LogP contribution is 2.36. The van der Waals surface area contributed by atoms with Gasteiger partial charge in [-0.05, 0) is 30.2 Å². The van der Waals surface area contributed by atoms with Crippen LogP contribution in [0.3, 0.4) is 0 Å². The standard InChI is InChI=1S/C14H21NO2S/c1-14(2,3)10-4-6-15(7-5-10)11-8-12(13(16)17)18-9-11/h8-10H,4-7H2,1-3H3,(H,16,17). The summed E-state index contributed by atoms with van der Waals surface area (Å²) in [6.07, 6.45) is 2.39. The molecule has 4 heteroatoms. The van der Waals surface area contributed by atoms with E-state index in [0.29, 0.717) is 10.3 Å². The Labute approximate surface area is 112 Å². The quantitative estimate of drug-likeness (QED) is 0.888. The summed E-state index contributed by atoms with van der Waals surface area (Å²) in [5.74, 6) is -0.0536. The summed E-state index contributed by atoms with van der Waals surface area (Å²) in [6.45, 7) is 9.00. The van der Waals surface area contributed by atoms with Gasteiger partial charge in [0.2, 0.25) is 0 Å². The Bertz CT molecular complexity index is 425. The topological polar surface area (TPSA) is 40.5 Å². The summed E-state index contributed by atoms with van der Waals surface area (Å²) in [5, 5.41) is 10.9. The van der Waals surface area contributed by atoms with E-state index in [0.717, 1.165) is 24.7 Å². The number of piperidine rings is 1. The Morgan fingerprint density at radius 3 is 2.44 bits per heavy atom. The fourth-order valence-corrected chi connectivity index (χ4v) is 3.36. The number of rotatable bonds is 2. The predicted octanol–water partition coefficient (Wildman–Crippen LogP) is 3.71. The maximum Gasteiger partial charge on any atom is 0.345 e. The van der Waals surface area contributed by atoms with Crippen molar-refractivity contribution in [2.75, 3.05) is 18.0 Å². The molecular formula is C14H21NO2S. The van der Waals surface area contributed by atoms with Crippen molar-refractivity contribution in [3.63, 3.8) is 0 Å². The van der Waals surface area contributed by atoms with E-state index in [1.54, 1.807) is 6.07 Å². The zero-order valence-electron chi connectivity index (χ0n) is 11.3. The molecule has 100 valence electrons. The lowest BCUT2D eigenvalue weighted by atomic mass is 9.75. The highest BCUT2D eigenvalue weighted by atomic mass is 32.1. The van der Waals surface area contributed by atoms with E-state index in [-0.39, 0.29) is 0 Å². The average Bonchev–Trinajstić information content (AvgIpc) is 2.77. The van der Waals surface area contributed by atoms with Crippen LogP contribution in [0.15, 0.2) is 11.4 Å². The van der Waals surface area contributed by atoms with Gasteiger partial charge in [0.1, 0.15) is 4.88 Å². The lowest BCUT2D eigenvalue weighted by Crippen LogP contribution is -2.37. The highest BCUT2D eigenvalue weighted by molar-refractivity contribution is 7.12. The SMILES string of the molecule is CC(C)(C)C1CCN(c2csc(C(=O)O)c2)CC1. The molecule has 0 spiro atoms. The van der Waals surface area contributed by atoms with Crippen molar-refractivity contribution in [2.45, 2.75) is 33.6 Å². The number of thiophene rings is 1. The molecule has 18 heavy (non-hydrogen) atoms. The normalized spacial score (nSPS) is 18.1. The van der Waals surface area contributed by atoms with Crippen LogP contribution in [-0.4, -0.2) is 24.2 Å². The van der Waals surface area contributed by atoms with Gasteiger partial charge in [-0.15, -0.1) is 11.3 Å². The molecule has 0 atom stereocenters. The van der Waals surface area contributed by atoms with Crippen LogP contribution in [0, 0.1) is 11.3 Å². The second-order valence-corrected chi connectivity index (χ2v) is 7.01. The maximum atomic E-state index is 10.9. The second kappa shape index (κ2) is 4.92. The molecule has 2 rings (SSSR count). The molecule has 1 aliphatic rings. The monoisotopic (exact) mass is 267 g/mol. The minimum Gasteiger partial charge on any atom is -0.477 e. The third-order valence-electron chi connectivity index (χ3n) is 3.88. The molecule has 1 fully saturated rings. The molecular weight excluding hydrogens is 246 g/mol. The van der Waals surface area contributed by atoms with Gasteiger partial charge < -0.3 is 10.0 Å². The van der Waals surface area contributed by atoms with Gasteiger partial charge in [-0.1, -0.05) is 20.8 Å². The van der Waals surface area contributed by atoms with Gasteiger partial charge in [-0.2, -0.15) is 0 Å². The Hall–Kier alpha value is -1.03. The van der Waals surface area contributed by atoms with Crippen LogP contribution in [0.4, 0.5) is 5.69 Å². The van der Waals surface area contributed by atoms with Crippen molar-refractivity contribution in [1.29, 1.82) is 0 Å². The zero-order chi connectivity index (χ0) is 13.3. The highest BCUT2D eigenvalue weighted by Gasteiger charge is 2.29. The van der Waals surface area contributed by atoms with E-state index in [9.17, 15) is 4.79 Å². The van der Waals surface area contributed by atoms with Crippen molar-refractivity contribution in [1.82, 2.24) is 0 Å². The van der Waals surface area contributed by atoms with Crippen molar-refractivity contribution in [3.8, 4) is 0 Å². The molecule has 0 bridgehead atoms. The third kappa shape index (κ3) is 2.86. The number of nitrogens with zero attached hydrogens (tertiary/aromatic N) is 1. The molecule has 0 saturated carbocycles.